The van der Waals surface area contributed by atoms with Crippen molar-refractivity contribution >= 4 is 49.2 Å². The molecule has 0 aliphatic carbocycles. The van der Waals surface area contributed by atoms with Gasteiger partial charge in [-0.1, -0.05) is 0 Å². The number of nitrogens with one attached hydrogen (secondary N) is 3. The summed E-state index contributed by atoms with van der Waals surface area (Å²) in [6.07, 6.45) is 1.20. The summed E-state index contributed by atoms with van der Waals surface area (Å²) in [4.78, 5) is 28.8. The molecule has 0 amide bonds. The van der Waals surface area contributed by atoms with Gasteiger partial charge in [0.15, 0.2) is 0 Å². The van der Waals surface area contributed by atoms with Crippen LogP contribution >= 0.6 is 0 Å². The number of carboxylic acid groups (broad SMARTS) is 1. The first-order valence-corrected chi connectivity index (χ1v) is 9.53. The molecule has 9 nitrogen and oxygen atoms in total. The van der Waals surface area contributed by atoms with Gasteiger partial charge in [0.2, 0.25) is 0 Å². The van der Waals surface area contributed by atoms with Crippen LogP contribution in [-0.4, -0.2) is 29.5 Å². The van der Waals surface area contributed by atoms with Crippen LogP contribution in [0.25, 0.3) is 21.8 Å². The van der Waals surface area contributed by atoms with Crippen molar-refractivity contribution in [3.8, 4) is 0 Å². The number of anilines is 2. The quantitative estimate of drug-likeness (QED) is 0.331. The van der Waals surface area contributed by atoms with E-state index in [9.17, 15) is 23.1 Å². The lowest BCUT2D eigenvalue weighted by Gasteiger charge is -2.10. The Morgan fingerprint density at radius 2 is 1.82 bits per heavy atom. The monoisotopic (exact) mass is 398 g/mol. The van der Waals surface area contributed by atoms with Gasteiger partial charge in [-0.25, -0.2) is 13.2 Å². The molecular formula is C18H14N4O5S. The fraction of sp³-hybridized carbons (Fsp3) is 0. The van der Waals surface area contributed by atoms with Gasteiger partial charge in [-0.2, -0.15) is 0 Å². The third-order valence-electron chi connectivity index (χ3n) is 4.32. The molecule has 4 aromatic rings. The van der Waals surface area contributed by atoms with Gasteiger partial charge >= 0.3 is 5.97 Å². The highest BCUT2D eigenvalue weighted by Crippen LogP contribution is 2.28. The average Bonchev–Trinajstić information content (AvgIpc) is 3.10. The minimum atomic E-state index is -3.95. The van der Waals surface area contributed by atoms with Gasteiger partial charge in [-0.15, -0.1) is 0 Å². The van der Waals surface area contributed by atoms with E-state index < -0.39 is 21.6 Å². The molecule has 0 saturated carbocycles. The number of hydrogen-bond donors (Lipinski definition) is 5. The second-order valence-corrected chi connectivity index (χ2v) is 7.83. The Morgan fingerprint density at radius 1 is 1.11 bits per heavy atom. The minimum Gasteiger partial charge on any atom is -0.478 e. The van der Waals surface area contributed by atoms with Crippen LogP contribution in [0, 0.1) is 0 Å². The molecule has 28 heavy (non-hydrogen) atoms. The van der Waals surface area contributed by atoms with Crippen LogP contribution < -0.4 is 16.0 Å². The number of aromatic amines is 2. The number of fused-ring (bicyclic) bond motifs is 3. The number of H-pyrrole nitrogens is 2. The number of hydrogen-bond acceptors (Lipinski definition) is 5. The first-order valence-electron chi connectivity index (χ1n) is 8.05. The Balaban J connectivity index is 1.91. The fourth-order valence-electron chi connectivity index (χ4n) is 3.01. The van der Waals surface area contributed by atoms with Crippen LogP contribution in [0.3, 0.4) is 0 Å². The molecule has 0 atom stereocenters. The summed E-state index contributed by atoms with van der Waals surface area (Å²) >= 11 is 0. The van der Waals surface area contributed by atoms with Gasteiger partial charge in [0.1, 0.15) is 5.52 Å². The third-order valence-corrected chi connectivity index (χ3v) is 5.70. The molecule has 0 unspecified atom stereocenters. The van der Waals surface area contributed by atoms with Gasteiger partial charge in [-0.05, 0) is 42.5 Å². The number of aromatic carboxylic acids is 1. The molecule has 2 heterocycles. The summed E-state index contributed by atoms with van der Waals surface area (Å²) in [5.41, 5.74) is 6.19. The van der Waals surface area contributed by atoms with E-state index in [1.807, 2.05) is 0 Å². The highest BCUT2D eigenvalue weighted by atomic mass is 32.2. The molecule has 10 heteroatoms. The second kappa shape index (κ2) is 6.13. The van der Waals surface area contributed by atoms with Gasteiger partial charge in [0.25, 0.3) is 15.6 Å². The number of nitrogen functional groups attached to an aromatic ring is 1. The predicted octanol–water partition coefficient (Wildman–Crippen LogP) is 2.09. The van der Waals surface area contributed by atoms with E-state index in [4.69, 9.17) is 5.73 Å². The Hall–Kier alpha value is -3.79. The number of carbonyl (C=O) groups is 1. The van der Waals surface area contributed by atoms with Gasteiger partial charge in [0, 0.05) is 33.9 Å². The van der Waals surface area contributed by atoms with E-state index in [0.717, 1.165) is 0 Å². The number of carboxylic acids is 1. The minimum absolute atomic E-state index is 0.0611. The van der Waals surface area contributed by atoms with E-state index in [2.05, 4.69) is 14.7 Å². The van der Waals surface area contributed by atoms with Gasteiger partial charge in [0.05, 0.1) is 10.5 Å². The number of aromatic nitrogens is 2. The molecule has 4 rings (SSSR count). The SMILES string of the molecule is Nc1ccc(NS(=O)(=O)c2ccc3[nH]c(=O)c4[nH]cc(C(=O)O)c4c3c2)cc1. The lowest BCUT2D eigenvalue weighted by Crippen LogP contribution is -2.13. The molecule has 2 aromatic heterocycles. The van der Waals surface area contributed by atoms with Crippen LogP contribution in [0.1, 0.15) is 10.4 Å². The molecule has 0 spiro atoms. The first-order chi connectivity index (χ1) is 13.3. The number of benzene rings is 2. The largest absolute Gasteiger partial charge is 0.478 e. The van der Waals surface area contributed by atoms with Crippen molar-refractivity contribution in [1.82, 2.24) is 9.97 Å². The summed E-state index contributed by atoms with van der Waals surface area (Å²) in [6.45, 7) is 0. The summed E-state index contributed by atoms with van der Waals surface area (Å²) < 4.78 is 27.9. The maximum absolute atomic E-state index is 12.8. The molecule has 0 saturated heterocycles. The van der Waals surface area contributed by atoms with Crippen molar-refractivity contribution in [2.45, 2.75) is 4.90 Å². The molecule has 142 valence electrons. The highest BCUT2D eigenvalue weighted by molar-refractivity contribution is 7.92. The number of pyridine rings is 1. The summed E-state index contributed by atoms with van der Waals surface area (Å²) in [7, 11) is -3.95. The van der Waals surface area contributed by atoms with Crippen LogP contribution in [0.4, 0.5) is 11.4 Å². The maximum Gasteiger partial charge on any atom is 0.337 e. The zero-order valence-electron chi connectivity index (χ0n) is 14.2. The van der Waals surface area contributed by atoms with E-state index in [0.29, 0.717) is 22.3 Å². The maximum atomic E-state index is 12.8. The number of nitrogens with two attached hydrogens (primary N) is 1. The van der Waals surface area contributed by atoms with Crippen LogP contribution in [0.5, 0.6) is 0 Å². The van der Waals surface area contributed by atoms with Crippen molar-refractivity contribution in [3.05, 3.63) is 64.6 Å². The first kappa shape index (κ1) is 17.6. The zero-order chi connectivity index (χ0) is 20.1. The Morgan fingerprint density at radius 3 is 2.50 bits per heavy atom. The molecule has 0 aliphatic heterocycles. The molecular weight excluding hydrogens is 384 g/mol. The van der Waals surface area contributed by atoms with Gasteiger partial charge < -0.3 is 20.8 Å². The lowest BCUT2D eigenvalue weighted by molar-refractivity contribution is 0.0699. The second-order valence-electron chi connectivity index (χ2n) is 6.15. The van der Waals surface area contributed by atoms with E-state index >= 15 is 0 Å². The van der Waals surface area contributed by atoms with Crippen molar-refractivity contribution < 1.29 is 18.3 Å². The Kier molecular flexibility index (Phi) is 3.86. The predicted molar refractivity (Wildman–Crippen MR) is 105 cm³/mol. The van der Waals surface area contributed by atoms with Crippen LogP contribution in [0.2, 0.25) is 0 Å². The Bertz CT molecular complexity index is 1400. The molecule has 0 fully saturated rings. The van der Waals surface area contributed by atoms with Crippen molar-refractivity contribution in [3.63, 3.8) is 0 Å². The molecule has 6 N–H and O–H groups in total. The third kappa shape index (κ3) is 2.85. The standard InChI is InChI=1S/C18H14N4O5S/c19-9-1-3-10(4-2-9)22-28(26,27)11-5-6-14-12(7-11)15-13(18(24)25)8-20-16(15)17(23)21-14/h1-8,20,22H,19H2,(H,21,23)(H,24,25). The van der Waals surface area contributed by atoms with E-state index in [1.54, 1.807) is 12.1 Å². The smallest absolute Gasteiger partial charge is 0.337 e. The molecule has 2 aromatic carbocycles. The molecule has 0 bridgehead atoms. The summed E-state index contributed by atoms with van der Waals surface area (Å²) in [5, 5.41) is 9.84. The van der Waals surface area contributed by atoms with Crippen molar-refractivity contribution in [2.75, 3.05) is 10.5 Å². The summed E-state index contributed by atoms with van der Waals surface area (Å²) in [5.74, 6) is -1.23. The van der Waals surface area contributed by atoms with E-state index in [-0.39, 0.29) is 21.4 Å². The zero-order valence-corrected chi connectivity index (χ0v) is 15.0. The highest BCUT2D eigenvalue weighted by Gasteiger charge is 2.20. The molecule has 0 aliphatic rings. The number of rotatable bonds is 4. The Labute approximate surface area is 157 Å². The van der Waals surface area contributed by atoms with Crippen LogP contribution in [-0.2, 0) is 10.0 Å². The fourth-order valence-corrected chi connectivity index (χ4v) is 4.09. The number of sulfonamides is 1. The lowest BCUT2D eigenvalue weighted by atomic mass is 10.1. The average molecular weight is 398 g/mol. The van der Waals surface area contributed by atoms with Crippen molar-refractivity contribution in [1.29, 1.82) is 0 Å². The van der Waals surface area contributed by atoms with Gasteiger partial charge in [-0.3, -0.25) is 9.52 Å². The van der Waals surface area contributed by atoms with Crippen LogP contribution in [0.15, 0.2) is 58.4 Å². The normalized spacial score (nSPS) is 11.7. The molecule has 0 radical (unpaired) electrons. The topological polar surface area (TPSA) is 158 Å². The summed E-state index contributed by atoms with van der Waals surface area (Å²) in [6, 6.07) is 10.3. The van der Waals surface area contributed by atoms with Crippen molar-refractivity contribution in [2.24, 2.45) is 0 Å². The van der Waals surface area contributed by atoms with E-state index in [1.165, 1.54) is 36.5 Å².